The Bertz CT molecular complexity index is 713. The Balaban J connectivity index is 0.00000208. The Labute approximate surface area is 142 Å². The van der Waals surface area contributed by atoms with Crippen molar-refractivity contribution < 1.29 is 18.0 Å². The molecule has 0 spiro atoms. The number of benzene rings is 1. The number of nitrogens with one attached hydrogen (secondary N) is 2. The number of aromatic nitrogens is 2. The van der Waals surface area contributed by atoms with E-state index in [4.69, 9.17) is 0 Å². The maximum Gasteiger partial charge on any atom is 0.416 e. The second-order valence-corrected chi connectivity index (χ2v) is 5.43. The van der Waals surface area contributed by atoms with Crippen LogP contribution in [0.1, 0.15) is 16.1 Å². The lowest BCUT2D eigenvalue weighted by Gasteiger charge is -2.26. The van der Waals surface area contributed by atoms with E-state index in [-0.39, 0.29) is 29.7 Å². The molecule has 9 heteroatoms. The van der Waals surface area contributed by atoms with Crippen molar-refractivity contribution in [3.63, 3.8) is 0 Å². The molecule has 1 fully saturated rings. The van der Waals surface area contributed by atoms with Crippen molar-refractivity contribution in [2.45, 2.75) is 6.18 Å². The van der Waals surface area contributed by atoms with Gasteiger partial charge in [0.05, 0.1) is 11.3 Å². The highest BCUT2D eigenvalue weighted by Gasteiger charge is 2.30. The lowest BCUT2D eigenvalue weighted by atomic mass is 10.0. The van der Waals surface area contributed by atoms with Crippen LogP contribution in [0.15, 0.2) is 36.5 Å². The molecule has 2 N–H and O–H groups in total. The standard InChI is InChI=1S/C15H15F3N4O.ClH/c16-15(17,18)11-2-1-3-12(6-11)22-5-4-13(21-22)14(23)20-9-10-7-19-8-10;/h1-6,10,19H,7-9H2,(H,20,23);1H. The minimum atomic E-state index is -4.42. The second-order valence-electron chi connectivity index (χ2n) is 5.43. The molecule has 1 aliphatic heterocycles. The molecule has 0 atom stereocenters. The lowest BCUT2D eigenvalue weighted by molar-refractivity contribution is -0.137. The Morgan fingerprint density at radius 3 is 2.71 bits per heavy atom. The smallest absolute Gasteiger partial charge is 0.350 e. The van der Waals surface area contributed by atoms with E-state index in [1.165, 1.54) is 29.1 Å². The lowest BCUT2D eigenvalue weighted by Crippen LogP contribution is -2.48. The summed E-state index contributed by atoms with van der Waals surface area (Å²) in [6.07, 6.45) is -2.95. The number of amides is 1. The van der Waals surface area contributed by atoms with Gasteiger partial charge in [0.1, 0.15) is 0 Å². The predicted octanol–water partition coefficient (Wildman–Crippen LogP) is 2.26. The number of rotatable bonds is 4. The van der Waals surface area contributed by atoms with Crippen LogP contribution in [0.5, 0.6) is 0 Å². The summed E-state index contributed by atoms with van der Waals surface area (Å²) in [5, 5.41) is 9.92. The summed E-state index contributed by atoms with van der Waals surface area (Å²) in [6, 6.07) is 6.28. The van der Waals surface area contributed by atoms with Gasteiger partial charge in [0.2, 0.25) is 0 Å². The Morgan fingerprint density at radius 2 is 2.08 bits per heavy atom. The van der Waals surface area contributed by atoms with Crippen LogP contribution >= 0.6 is 12.4 Å². The van der Waals surface area contributed by atoms with Crippen molar-refractivity contribution in [3.8, 4) is 5.69 Å². The normalized spacial score (nSPS) is 14.6. The molecule has 0 bridgehead atoms. The first-order valence-corrected chi connectivity index (χ1v) is 7.16. The van der Waals surface area contributed by atoms with E-state index in [0.717, 1.165) is 25.2 Å². The maximum atomic E-state index is 12.7. The summed E-state index contributed by atoms with van der Waals surface area (Å²) >= 11 is 0. The predicted molar refractivity (Wildman–Crippen MR) is 84.5 cm³/mol. The van der Waals surface area contributed by atoms with Crippen LogP contribution in [0.3, 0.4) is 0 Å². The summed E-state index contributed by atoms with van der Waals surface area (Å²) in [5.74, 6) is 0.0899. The molecule has 5 nitrogen and oxygen atoms in total. The fourth-order valence-electron chi connectivity index (χ4n) is 2.23. The average molecular weight is 361 g/mol. The van der Waals surface area contributed by atoms with Gasteiger partial charge in [0.25, 0.3) is 5.91 Å². The molecule has 0 unspecified atom stereocenters. The minimum absolute atomic E-state index is 0. The molecule has 1 aliphatic rings. The molecule has 3 rings (SSSR count). The van der Waals surface area contributed by atoms with Gasteiger partial charge < -0.3 is 10.6 Å². The third-order valence-electron chi connectivity index (χ3n) is 3.68. The van der Waals surface area contributed by atoms with Gasteiger partial charge in [-0.05, 0) is 24.3 Å². The molecule has 1 amide bonds. The molecule has 130 valence electrons. The quantitative estimate of drug-likeness (QED) is 0.879. The zero-order valence-electron chi connectivity index (χ0n) is 12.5. The molecule has 2 heterocycles. The monoisotopic (exact) mass is 360 g/mol. The van der Waals surface area contributed by atoms with Gasteiger partial charge in [-0.3, -0.25) is 4.79 Å². The molecule has 0 aliphatic carbocycles. The molecule has 0 saturated carbocycles. The van der Waals surface area contributed by atoms with Gasteiger partial charge in [0.15, 0.2) is 5.69 Å². The zero-order valence-corrected chi connectivity index (χ0v) is 13.3. The van der Waals surface area contributed by atoms with Gasteiger partial charge in [-0.15, -0.1) is 12.4 Å². The summed E-state index contributed by atoms with van der Waals surface area (Å²) in [6.45, 7) is 2.31. The van der Waals surface area contributed by atoms with Crippen LogP contribution in [0, 0.1) is 5.92 Å². The van der Waals surface area contributed by atoms with E-state index >= 15 is 0 Å². The van der Waals surface area contributed by atoms with Gasteiger partial charge in [-0.1, -0.05) is 6.07 Å². The third-order valence-corrected chi connectivity index (χ3v) is 3.68. The van der Waals surface area contributed by atoms with Crippen LogP contribution in [-0.2, 0) is 6.18 Å². The van der Waals surface area contributed by atoms with Crippen molar-refractivity contribution in [3.05, 3.63) is 47.8 Å². The highest BCUT2D eigenvalue weighted by atomic mass is 35.5. The Morgan fingerprint density at radius 1 is 1.33 bits per heavy atom. The highest BCUT2D eigenvalue weighted by molar-refractivity contribution is 5.92. The summed E-state index contributed by atoms with van der Waals surface area (Å²) in [7, 11) is 0. The van der Waals surface area contributed by atoms with Crippen LogP contribution in [0.25, 0.3) is 5.69 Å². The van der Waals surface area contributed by atoms with E-state index < -0.39 is 11.7 Å². The number of carbonyl (C=O) groups excluding carboxylic acids is 1. The highest BCUT2D eigenvalue weighted by Crippen LogP contribution is 2.30. The largest absolute Gasteiger partial charge is 0.416 e. The van der Waals surface area contributed by atoms with Gasteiger partial charge in [-0.2, -0.15) is 18.3 Å². The maximum absolute atomic E-state index is 12.7. The van der Waals surface area contributed by atoms with Crippen LogP contribution in [-0.4, -0.2) is 35.3 Å². The van der Waals surface area contributed by atoms with Gasteiger partial charge in [0, 0.05) is 31.7 Å². The van der Waals surface area contributed by atoms with E-state index in [9.17, 15) is 18.0 Å². The van der Waals surface area contributed by atoms with E-state index in [1.54, 1.807) is 0 Å². The van der Waals surface area contributed by atoms with Crippen molar-refractivity contribution in [2.75, 3.05) is 19.6 Å². The second kappa shape index (κ2) is 7.23. The molecular formula is C15H16ClF3N4O. The molecule has 0 radical (unpaired) electrons. The summed E-state index contributed by atoms with van der Waals surface area (Å²) < 4.78 is 39.5. The number of carbonyl (C=O) groups is 1. The molecule has 1 saturated heterocycles. The van der Waals surface area contributed by atoms with Crippen LogP contribution in [0.4, 0.5) is 13.2 Å². The number of halogens is 4. The van der Waals surface area contributed by atoms with Crippen molar-refractivity contribution >= 4 is 18.3 Å². The Kier molecular flexibility index (Phi) is 5.51. The summed E-state index contributed by atoms with van der Waals surface area (Å²) in [4.78, 5) is 12.0. The van der Waals surface area contributed by atoms with Crippen molar-refractivity contribution in [1.82, 2.24) is 20.4 Å². The van der Waals surface area contributed by atoms with Crippen LogP contribution in [0.2, 0.25) is 0 Å². The molecule has 1 aromatic heterocycles. The van der Waals surface area contributed by atoms with Crippen molar-refractivity contribution in [2.24, 2.45) is 5.92 Å². The number of hydrogen-bond acceptors (Lipinski definition) is 3. The topological polar surface area (TPSA) is 59.0 Å². The SMILES string of the molecule is Cl.O=C(NCC1CNC1)c1ccn(-c2cccc(C(F)(F)F)c2)n1. The number of hydrogen-bond donors (Lipinski definition) is 2. The minimum Gasteiger partial charge on any atom is -0.350 e. The average Bonchev–Trinajstić information content (AvgIpc) is 2.94. The number of alkyl halides is 3. The Hall–Kier alpha value is -2.06. The number of nitrogens with zero attached hydrogens (tertiary/aromatic N) is 2. The van der Waals surface area contributed by atoms with Gasteiger partial charge >= 0.3 is 6.18 Å². The molecule has 2 aromatic rings. The van der Waals surface area contributed by atoms with E-state index in [2.05, 4.69) is 15.7 Å². The fraction of sp³-hybridized carbons (Fsp3) is 0.333. The fourth-order valence-corrected chi connectivity index (χ4v) is 2.23. The van der Waals surface area contributed by atoms with E-state index in [0.29, 0.717) is 12.5 Å². The zero-order chi connectivity index (χ0) is 16.4. The van der Waals surface area contributed by atoms with Gasteiger partial charge in [-0.25, -0.2) is 4.68 Å². The third kappa shape index (κ3) is 4.07. The molecule has 24 heavy (non-hydrogen) atoms. The first-order chi connectivity index (χ1) is 10.9. The van der Waals surface area contributed by atoms with Crippen LogP contribution < -0.4 is 10.6 Å². The molecule has 1 aromatic carbocycles. The first-order valence-electron chi connectivity index (χ1n) is 7.16. The van der Waals surface area contributed by atoms with E-state index in [1.807, 2.05) is 0 Å². The summed E-state index contributed by atoms with van der Waals surface area (Å²) in [5.41, 5.74) is -0.328. The molecular weight excluding hydrogens is 345 g/mol. The first kappa shape index (κ1) is 18.3. The van der Waals surface area contributed by atoms with Crippen molar-refractivity contribution in [1.29, 1.82) is 0 Å².